The molecule has 11 heteroatoms. The average molecular weight is 509 g/mol. The first-order valence-electron chi connectivity index (χ1n) is 11.6. The first-order chi connectivity index (χ1) is 16.3. The number of ether oxygens (including phenoxy) is 4. The quantitative estimate of drug-likeness (QED) is 0.0669. The van der Waals surface area contributed by atoms with E-state index in [4.69, 9.17) is 28.0 Å². The molecular formula is C23H41O10P. The number of phosphoric acid groups is 1. The van der Waals surface area contributed by atoms with E-state index in [9.17, 15) is 19.0 Å². The number of carbonyl (C=O) groups is 2. The molecule has 10 nitrogen and oxygen atoms in total. The maximum Gasteiger partial charge on any atom is 0.472 e. The fraction of sp³-hybridized carbons (Fsp3) is 0.739. The maximum absolute atomic E-state index is 11.8. The third kappa shape index (κ3) is 22.3. The Morgan fingerprint density at radius 3 is 1.97 bits per heavy atom. The second kappa shape index (κ2) is 21.9. The fourth-order valence-corrected chi connectivity index (χ4v) is 3.27. The van der Waals surface area contributed by atoms with E-state index in [2.05, 4.69) is 13.2 Å². The molecule has 0 saturated carbocycles. The molecule has 0 fully saturated rings. The second-order valence-corrected chi connectivity index (χ2v) is 8.93. The standard InChI is InChI=1S/C23H41O10P/c1-4-13-28-17-18-29-14-9-5-6-10-15-32-34(26,27)33-16-11-7-8-12-22(24)30-19-20-31-23(25)21(2)3/h4H,1-2,5-20H2,3H3,(H,26,27). The van der Waals surface area contributed by atoms with Crippen LogP contribution in [0.25, 0.3) is 0 Å². The van der Waals surface area contributed by atoms with Gasteiger partial charge in [0.15, 0.2) is 0 Å². The molecule has 34 heavy (non-hydrogen) atoms. The molecule has 0 spiro atoms. The van der Waals surface area contributed by atoms with Gasteiger partial charge < -0.3 is 23.8 Å². The Morgan fingerprint density at radius 1 is 0.794 bits per heavy atom. The van der Waals surface area contributed by atoms with Gasteiger partial charge in [-0.25, -0.2) is 9.36 Å². The monoisotopic (exact) mass is 508 g/mol. The van der Waals surface area contributed by atoms with E-state index in [1.807, 2.05) is 0 Å². The van der Waals surface area contributed by atoms with E-state index in [1.54, 1.807) is 6.08 Å². The molecule has 0 aromatic heterocycles. The van der Waals surface area contributed by atoms with Crippen molar-refractivity contribution in [2.75, 3.05) is 52.9 Å². The lowest BCUT2D eigenvalue weighted by Gasteiger charge is -2.12. The van der Waals surface area contributed by atoms with Gasteiger partial charge in [0, 0.05) is 18.6 Å². The third-order valence-corrected chi connectivity index (χ3v) is 5.27. The summed E-state index contributed by atoms with van der Waals surface area (Å²) in [5.74, 6) is -0.920. The number of unbranched alkanes of at least 4 members (excludes halogenated alkanes) is 5. The van der Waals surface area contributed by atoms with Gasteiger partial charge in [-0.3, -0.25) is 13.8 Å². The van der Waals surface area contributed by atoms with Crippen LogP contribution in [0.15, 0.2) is 24.8 Å². The molecule has 0 radical (unpaired) electrons. The Hall–Kier alpha value is -1.55. The summed E-state index contributed by atoms with van der Waals surface area (Å²) < 4.78 is 42.1. The van der Waals surface area contributed by atoms with Crippen LogP contribution in [0.1, 0.15) is 58.3 Å². The molecule has 0 aromatic carbocycles. The van der Waals surface area contributed by atoms with Gasteiger partial charge in [0.05, 0.1) is 33.0 Å². The first-order valence-corrected chi connectivity index (χ1v) is 13.1. The van der Waals surface area contributed by atoms with Crippen LogP contribution in [-0.2, 0) is 42.1 Å². The van der Waals surface area contributed by atoms with Crippen LogP contribution >= 0.6 is 7.82 Å². The molecule has 0 aliphatic carbocycles. The van der Waals surface area contributed by atoms with Crippen molar-refractivity contribution in [3.63, 3.8) is 0 Å². The molecule has 1 unspecified atom stereocenters. The van der Waals surface area contributed by atoms with E-state index in [0.29, 0.717) is 52.1 Å². The van der Waals surface area contributed by atoms with Crippen LogP contribution in [-0.4, -0.2) is 69.7 Å². The predicted octanol–water partition coefficient (Wildman–Crippen LogP) is 4.12. The average Bonchev–Trinajstić information content (AvgIpc) is 2.79. The van der Waals surface area contributed by atoms with E-state index < -0.39 is 19.8 Å². The van der Waals surface area contributed by atoms with Gasteiger partial charge in [0.1, 0.15) is 13.2 Å². The van der Waals surface area contributed by atoms with Gasteiger partial charge in [-0.15, -0.1) is 6.58 Å². The van der Waals surface area contributed by atoms with Crippen LogP contribution in [0.5, 0.6) is 0 Å². The minimum absolute atomic E-state index is 0.00831. The number of hydrogen-bond acceptors (Lipinski definition) is 9. The molecule has 198 valence electrons. The third-order valence-electron chi connectivity index (χ3n) is 4.25. The number of carbonyl (C=O) groups excluding carboxylic acids is 2. The van der Waals surface area contributed by atoms with Crippen molar-refractivity contribution in [3.05, 3.63) is 24.8 Å². The van der Waals surface area contributed by atoms with Crippen LogP contribution in [0.2, 0.25) is 0 Å². The van der Waals surface area contributed by atoms with Gasteiger partial charge in [-0.05, 0) is 32.6 Å². The Balaban J connectivity index is 3.50. The summed E-state index contributed by atoms with van der Waals surface area (Å²) in [6, 6.07) is 0. The lowest BCUT2D eigenvalue weighted by atomic mass is 10.2. The van der Waals surface area contributed by atoms with Crippen LogP contribution in [0.3, 0.4) is 0 Å². The number of rotatable bonds is 24. The number of hydrogen-bond donors (Lipinski definition) is 1. The summed E-state index contributed by atoms with van der Waals surface area (Å²) in [7, 11) is -4.06. The van der Waals surface area contributed by atoms with Gasteiger partial charge in [0.25, 0.3) is 0 Å². The highest BCUT2D eigenvalue weighted by Crippen LogP contribution is 2.43. The van der Waals surface area contributed by atoms with Crippen molar-refractivity contribution >= 4 is 19.8 Å². The Morgan fingerprint density at radius 2 is 1.35 bits per heavy atom. The van der Waals surface area contributed by atoms with E-state index in [1.165, 1.54) is 6.92 Å². The van der Waals surface area contributed by atoms with Crippen LogP contribution < -0.4 is 0 Å². The van der Waals surface area contributed by atoms with Crippen molar-refractivity contribution in [1.82, 2.24) is 0 Å². The van der Waals surface area contributed by atoms with E-state index in [0.717, 1.165) is 19.3 Å². The zero-order valence-electron chi connectivity index (χ0n) is 20.4. The number of phosphoric ester groups is 1. The first kappa shape index (κ1) is 32.5. The molecule has 0 aliphatic rings. The molecule has 1 atom stereocenters. The lowest BCUT2D eigenvalue weighted by molar-refractivity contribution is -0.150. The summed E-state index contributed by atoms with van der Waals surface area (Å²) in [6.07, 6.45) is 6.95. The number of esters is 2. The molecule has 0 bridgehead atoms. The normalized spacial score (nSPS) is 12.6. The lowest BCUT2D eigenvalue weighted by Crippen LogP contribution is -2.14. The second-order valence-electron chi connectivity index (χ2n) is 7.47. The summed E-state index contributed by atoms with van der Waals surface area (Å²) in [5, 5.41) is 0. The smallest absolute Gasteiger partial charge is 0.462 e. The highest BCUT2D eigenvalue weighted by atomic mass is 31.2. The fourth-order valence-electron chi connectivity index (χ4n) is 2.48. The van der Waals surface area contributed by atoms with E-state index >= 15 is 0 Å². The zero-order valence-corrected chi connectivity index (χ0v) is 21.3. The summed E-state index contributed by atoms with van der Waals surface area (Å²) in [6.45, 7) is 11.0. The molecule has 0 saturated heterocycles. The van der Waals surface area contributed by atoms with Gasteiger partial charge in [-0.1, -0.05) is 31.9 Å². The zero-order chi connectivity index (χ0) is 25.5. The van der Waals surface area contributed by atoms with Crippen LogP contribution in [0, 0.1) is 0 Å². The minimum Gasteiger partial charge on any atom is -0.462 e. The Bertz CT molecular complexity index is 623. The molecule has 0 rings (SSSR count). The largest absolute Gasteiger partial charge is 0.472 e. The van der Waals surface area contributed by atoms with E-state index in [-0.39, 0.29) is 38.4 Å². The topological polar surface area (TPSA) is 127 Å². The summed E-state index contributed by atoms with van der Waals surface area (Å²) in [5.41, 5.74) is 0.283. The summed E-state index contributed by atoms with van der Waals surface area (Å²) >= 11 is 0. The van der Waals surface area contributed by atoms with Crippen molar-refractivity contribution in [1.29, 1.82) is 0 Å². The molecule has 1 N–H and O–H groups in total. The SMILES string of the molecule is C=CCOCCOCCCCCCOP(=O)(O)OCCCCCC(=O)OCCOC(=O)C(=C)C. The molecule has 0 amide bonds. The van der Waals surface area contributed by atoms with Crippen molar-refractivity contribution < 1.29 is 47.0 Å². The Kier molecular flexibility index (Phi) is 20.9. The Labute approximate surface area is 203 Å². The highest BCUT2D eigenvalue weighted by molar-refractivity contribution is 7.47. The van der Waals surface area contributed by atoms with Gasteiger partial charge in [-0.2, -0.15) is 0 Å². The summed E-state index contributed by atoms with van der Waals surface area (Å²) in [4.78, 5) is 32.4. The maximum atomic E-state index is 11.8. The highest BCUT2D eigenvalue weighted by Gasteiger charge is 2.20. The minimum atomic E-state index is -4.06. The molecule has 0 heterocycles. The molecular weight excluding hydrogens is 467 g/mol. The predicted molar refractivity (Wildman–Crippen MR) is 127 cm³/mol. The molecule has 0 aromatic rings. The van der Waals surface area contributed by atoms with Gasteiger partial charge in [0.2, 0.25) is 0 Å². The van der Waals surface area contributed by atoms with Crippen molar-refractivity contribution in [2.45, 2.75) is 58.3 Å². The van der Waals surface area contributed by atoms with Gasteiger partial charge >= 0.3 is 19.8 Å². The van der Waals surface area contributed by atoms with Crippen LogP contribution in [0.4, 0.5) is 0 Å². The van der Waals surface area contributed by atoms with Crippen molar-refractivity contribution in [2.24, 2.45) is 0 Å². The van der Waals surface area contributed by atoms with Crippen molar-refractivity contribution in [3.8, 4) is 0 Å². The molecule has 0 aliphatic heterocycles.